The van der Waals surface area contributed by atoms with E-state index in [1.165, 1.54) is 32.1 Å². The van der Waals surface area contributed by atoms with Gasteiger partial charge in [-0.3, -0.25) is 9.48 Å². The van der Waals surface area contributed by atoms with Gasteiger partial charge in [0, 0.05) is 19.4 Å². The van der Waals surface area contributed by atoms with Gasteiger partial charge in [0.2, 0.25) is 0 Å². The molecule has 0 aliphatic heterocycles. The average molecular weight is 237 g/mol. The molecule has 0 spiro atoms. The lowest BCUT2D eigenvalue weighted by atomic mass is 9.89. The third kappa shape index (κ3) is 3.05. The van der Waals surface area contributed by atoms with E-state index in [-0.39, 0.29) is 6.42 Å². The Balaban J connectivity index is 2.04. The van der Waals surface area contributed by atoms with Gasteiger partial charge in [0.25, 0.3) is 0 Å². The lowest BCUT2D eigenvalue weighted by Crippen LogP contribution is -2.10. The largest absolute Gasteiger partial charge is 0.481 e. The predicted octanol–water partition coefficient (Wildman–Crippen LogP) is 1.88. The first-order valence-electron chi connectivity index (χ1n) is 6.28. The highest BCUT2D eigenvalue weighted by molar-refractivity contribution is 5.66. The monoisotopic (exact) mass is 237 g/mol. The van der Waals surface area contributed by atoms with E-state index in [2.05, 4.69) is 10.1 Å². The molecule has 1 saturated carbocycles. The average Bonchev–Trinajstić information content (AvgIpc) is 2.69. The summed E-state index contributed by atoms with van der Waals surface area (Å²) in [5, 5.41) is 12.9. The van der Waals surface area contributed by atoms with E-state index in [1.54, 1.807) is 0 Å². The van der Waals surface area contributed by atoms with Gasteiger partial charge < -0.3 is 5.11 Å². The zero-order valence-electron chi connectivity index (χ0n) is 10.2. The van der Waals surface area contributed by atoms with Gasteiger partial charge in [0.05, 0.1) is 6.42 Å². The molecule has 5 nitrogen and oxygen atoms in total. The van der Waals surface area contributed by atoms with Crippen molar-refractivity contribution < 1.29 is 9.90 Å². The van der Waals surface area contributed by atoms with Crippen molar-refractivity contribution in [3.8, 4) is 0 Å². The summed E-state index contributed by atoms with van der Waals surface area (Å²) in [6.07, 6.45) is 6.75. The molecule has 1 heterocycles. The number of carboxylic acids is 1. The molecule has 17 heavy (non-hydrogen) atoms. The van der Waals surface area contributed by atoms with Crippen LogP contribution in [-0.4, -0.2) is 25.8 Å². The van der Waals surface area contributed by atoms with Crippen LogP contribution in [0.1, 0.15) is 56.1 Å². The molecule has 5 heteroatoms. The van der Waals surface area contributed by atoms with Gasteiger partial charge in [0.1, 0.15) is 5.82 Å². The fourth-order valence-electron chi connectivity index (χ4n) is 2.49. The topological polar surface area (TPSA) is 68.0 Å². The maximum absolute atomic E-state index is 10.5. The van der Waals surface area contributed by atoms with Crippen LogP contribution in [0.3, 0.4) is 0 Å². The highest BCUT2D eigenvalue weighted by Crippen LogP contribution is 2.31. The van der Waals surface area contributed by atoms with Gasteiger partial charge in [-0.05, 0) is 12.8 Å². The van der Waals surface area contributed by atoms with Gasteiger partial charge in [-0.15, -0.1) is 0 Å². The van der Waals surface area contributed by atoms with E-state index in [0.29, 0.717) is 18.2 Å². The van der Waals surface area contributed by atoms with E-state index in [1.807, 2.05) is 11.7 Å². The molecule has 1 aliphatic carbocycles. The number of nitrogens with zero attached hydrogens (tertiary/aromatic N) is 3. The fourth-order valence-corrected chi connectivity index (χ4v) is 2.49. The van der Waals surface area contributed by atoms with Crippen molar-refractivity contribution in [3.05, 3.63) is 11.6 Å². The van der Waals surface area contributed by atoms with Crippen molar-refractivity contribution in [2.75, 3.05) is 0 Å². The fraction of sp³-hybridized carbons (Fsp3) is 0.750. The van der Waals surface area contributed by atoms with Crippen LogP contribution in [-0.2, 0) is 18.3 Å². The van der Waals surface area contributed by atoms with Crippen molar-refractivity contribution in [1.29, 1.82) is 0 Å². The van der Waals surface area contributed by atoms with Crippen molar-refractivity contribution in [2.45, 2.75) is 50.9 Å². The molecular weight excluding hydrogens is 218 g/mol. The molecule has 0 bridgehead atoms. The van der Waals surface area contributed by atoms with E-state index in [0.717, 1.165) is 5.82 Å². The first-order valence-corrected chi connectivity index (χ1v) is 6.28. The summed E-state index contributed by atoms with van der Waals surface area (Å²) in [5.74, 6) is 1.41. The van der Waals surface area contributed by atoms with Crippen LogP contribution in [0.15, 0.2) is 0 Å². The van der Waals surface area contributed by atoms with Crippen molar-refractivity contribution in [3.63, 3.8) is 0 Å². The summed E-state index contributed by atoms with van der Waals surface area (Å²) in [6.45, 7) is 0. The molecule has 1 aliphatic rings. The standard InChI is InChI=1S/C12H19N3O2/c1-15-12(9-5-3-2-4-6-9)13-10(14-15)7-8-11(16)17/h9H,2-8H2,1H3,(H,16,17). The maximum atomic E-state index is 10.5. The number of aromatic nitrogens is 3. The Labute approximate surface area is 101 Å². The molecule has 0 atom stereocenters. The Kier molecular flexibility index (Phi) is 3.76. The maximum Gasteiger partial charge on any atom is 0.303 e. The minimum Gasteiger partial charge on any atom is -0.481 e. The SMILES string of the molecule is Cn1nc(CCC(=O)O)nc1C1CCCCC1. The van der Waals surface area contributed by atoms with E-state index in [9.17, 15) is 4.79 Å². The molecule has 0 aromatic carbocycles. The normalized spacial score (nSPS) is 17.2. The van der Waals surface area contributed by atoms with Crippen LogP contribution in [0.4, 0.5) is 0 Å². The second-order valence-electron chi connectivity index (χ2n) is 4.74. The van der Waals surface area contributed by atoms with Gasteiger partial charge in [-0.2, -0.15) is 5.10 Å². The summed E-state index contributed by atoms with van der Waals surface area (Å²) in [5.41, 5.74) is 0. The van der Waals surface area contributed by atoms with E-state index < -0.39 is 5.97 Å². The predicted molar refractivity (Wildman–Crippen MR) is 62.8 cm³/mol. The molecule has 1 aromatic heterocycles. The first-order chi connectivity index (χ1) is 8.16. The van der Waals surface area contributed by atoms with Gasteiger partial charge in [-0.1, -0.05) is 19.3 Å². The van der Waals surface area contributed by atoms with E-state index >= 15 is 0 Å². The number of rotatable bonds is 4. The molecule has 1 fully saturated rings. The van der Waals surface area contributed by atoms with Gasteiger partial charge >= 0.3 is 5.97 Å². The lowest BCUT2D eigenvalue weighted by Gasteiger charge is -2.20. The van der Waals surface area contributed by atoms with Gasteiger partial charge in [0.15, 0.2) is 5.82 Å². The zero-order chi connectivity index (χ0) is 12.3. The minimum absolute atomic E-state index is 0.105. The molecule has 1 aromatic rings. The number of hydrogen-bond acceptors (Lipinski definition) is 3. The lowest BCUT2D eigenvalue weighted by molar-refractivity contribution is -0.137. The van der Waals surface area contributed by atoms with Crippen LogP contribution in [0.5, 0.6) is 0 Å². The minimum atomic E-state index is -0.795. The molecule has 2 rings (SSSR count). The summed E-state index contributed by atoms with van der Waals surface area (Å²) in [4.78, 5) is 15.0. The number of aliphatic carboxylic acids is 1. The second kappa shape index (κ2) is 5.29. The van der Waals surface area contributed by atoms with Crippen molar-refractivity contribution >= 4 is 5.97 Å². The highest BCUT2D eigenvalue weighted by atomic mass is 16.4. The van der Waals surface area contributed by atoms with Crippen LogP contribution >= 0.6 is 0 Å². The van der Waals surface area contributed by atoms with Crippen LogP contribution in [0.25, 0.3) is 0 Å². The van der Waals surface area contributed by atoms with Crippen LogP contribution in [0.2, 0.25) is 0 Å². The Morgan fingerprint density at radius 1 is 1.41 bits per heavy atom. The third-order valence-electron chi connectivity index (χ3n) is 3.37. The molecule has 94 valence electrons. The summed E-state index contributed by atoms with van der Waals surface area (Å²) in [7, 11) is 1.90. The molecule has 1 N–H and O–H groups in total. The Hall–Kier alpha value is -1.39. The number of hydrogen-bond donors (Lipinski definition) is 1. The van der Waals surface area contributed by atoms with Crippen molar-refractivity contribution in [2.24, 2.45) is 7.05 Å². The second-order valence-corrected chi connectivity index (χ2v) is 4.74. The molecule has 0 unspecified atom stereocenters. The molecular formula is C12H19N3O2. The zero-order valence-corrected chi connectivity index (χ0v) is 10.2. The highest BCUT2D eigenvalue weighted by Gasteiger charge is 2.21. The third-order valence-corrected chi connectivity index (χ3v) is 3.37. The van der Waals surface area contributed by atoms with E-state index in [4.69, 9.17) is 5.11 Å². The van der Waals surface area contributed by atoms with Crippen LogP contribution in [0, 0.1) is 0 Å². The summed E-state index contributed by atoms with van der Waals surface area (Å²) < 4.78 is 1.83. The number of aryl methyl sites for hydroxylation is 2. The van der Waals surface area contributed by atoms with Gasteiger partial charge in [-0.25, -0.2) is 4.98 Å². The first kappa shape index (κ1) is 12.1. The summed E-state index contributed by atoms with van der Waals surface area (Å²) in [6, 6.07) is 0. The molecule has 0 radical (unpaired) electrons. The van der Waals surface area contributed by atoms with Crippen molar-refractivity contribution in [1.82, 2.24) is 14.8 Å². The van der Waals surface area contributed by atoms with Crippen LogP contribution < -0.4 is 0 Å². The molecule has 0 saturated heterocycles. The summed E-state index contributed by atoms with van der Waals surface area (Å²) >= 11 is 0. The Morgan fingerprint density at radius 2 is 2.12 bits per heavy atom. The number of carboxylic acid groups (broad SMARTS) is 1. The quantitative estimate of drug-likeness (QED) is 0.868. The smallest absolute Gasteiger partial charge is 0.303 e. The Bertz CT molecular complexity index is 394. The molecule has 0 amide bonds. The number of carbonyl (C=O) groups is 1. The Morgan fingerprint density at radius 3 is 2.76 bits per heavy atom.